The second kappa shape index (κ2) is 7.26. The molecule has 0 amide bonds. The van der Waals surface area contributed by atoms with E-state index >= 15 is 0 Å². The lowest BCUT2D eigenvalue weighted by Gasteiger charge is -2.22. The molecule has 0 spiro atoms. The number of hydrogen-bond donors (Lipinski definition) is 0. The van der Waals surface area contributed by atoms with E-state index in [-0.39, 0.29) is 11.6 Å². The maximum atomic E-state index is 13.0. The Hall–Kier alpha value is -2.37. The Labute approximate surface area is 134 Å². The first-order valence-corrected chi connectivity index (χ1v) is 7.39. The summed E-state index contributed by atoms with van der Waals surface area (Å²) in [5.41, 5.74) is 2.41. The van der Waals surface area contributed by atoms with E-state index in [2.05, 4.69) is 9.97 Å². The molecule has 0 saturated heterocycles. The van der Waals surface area contributed by atoms with Crippen molar-refractivity contribution in [3.63, 3.8) is 0 Å². The van der Waals surface area contributed by atoms with Crippen molar-refractivity contribution in [2.24, 2.45) is 0 Å². The average molecular weight is 319 g/mol. The predicted octanol–water partition coefficient (Wildman–Crippen LogP) is 3.84. The molecule has 0 N–H and O–H groups in total. The minimum absolute atomic E-state index is 0.266. The number of pyridine rings is 2. The van der Waals surface area contributed by atoms with Gasteiger partial charge in [-0.3, -0.25) is 9.97 Å². The lowest BCUT2D eigenvalue weighted by Crippen LogP contribution is -2.18. The summed E-state index contributed by atoms with van der Waals surface area (Å²) in [5.74, 6) is -0.388. The van der Waals surface area contributed by atoms with Crippen LogP contribution < -0.4 is 4.90 Å². The second-order valence-corrected chi connectivity index (χ2v) is 5.30. The summed E-state index contributed by atoms with van der Waals surface area (Å²) < 4.78 is 25.9. The third-order valence-corrected chi connectivity index (χ3v) is 3.78. The van der Waals surface area contributed by atoms with Crippen LogP contribution in [-0.2, 0) is 4.79 Å². The van der Waals surface area contributed by atoms with Crippen molar-refractivity contribution in [1.29, 1.82) is 0 Å². The summed E-state index contributed by atoms with van der Waals surface area (Å²) in [4.78, 5) is 21.2. The van der Waals surface area contributed by atoms with Crippen LogP contribution in [0.2, 0.25) is 0 Å². The van der Waals surface area contributed by atoms with Crippen LogP contribution in [0.25, 0.3) is 11.1 Å². The number of anilines is 1. The van der Waals surface area contributed by atoms with Crippen LogP contribution in [0.15, 0.2) is 30.6 Å². The third kappa shape index (κ3) is 3.52. The highest BCUT2D eigenvalue weighted by molar-refractivity contribution is 5.81. The Bertz CT molecular complexity index is 691. The zero-order valence-electron chi connectivity index (χ0n) is 13.3. The Kier molecular flexibility index (Phi) is 5.36. The van der Waals surface area contributed by atoms with E-state index in [1.54, 1.807) is 19.2 Å². The molecule has 4 nitrogen and oxygen atoms in total. The molecule has 6 heteroatoms. The fourth-order valence-electron chi connectivity index (χ4n) is 2.35. The maximum absolute atomic E-state index is 13.0. The van der Waals surface area contributed by atoms with E-state index in [9.17, 15) is 13.6 Å². The molecule has 0 aromatic carbocycles. The van der Waals surface area contributed by atoms with Crippen LogP contribution in [-0.4, -0.2) is 29.8 Å². The van der Waals surface area contributed by atoms with Gasteiger partial charge in [-0.25, -0.2) is 8.78 Å². The summed E-state index contributed by atoms with van der Waals surface area (Å²) in [5, 5.41) is 0. The fraction of sp³-hybridized carbons (Fsp3) is 0.353. The van der Waals surface area contributed by atoms with Gasteiger partial charge in [0.05, 0.1) is 11.6 Å². The highest BCUT2D eigenvalue weighted by atomic mass is 19.3. The van der Waals surface area contributed by atoms with Crippen molar-refractivity contribution in [2.45, 2.75) is 26.2 Å². The fourth-order valence-corrected chi connectivity index (χ4v) is 2.35. The summed E-state index contributed by atoms with van der Waals surface area (Å²) in [6, 6.07) is 4.98. The topological polar surface area (TPSA) is 46.1 Å². The van der Waals surface area contributed by atoms with Gasteiger partial charge in [0.2, 0.25) is 0 Å². The van der Waals surface area contributed by atoms with Crippen molar-refractivity contribution in [3.05, 3.63) is 42.0 Å². The van der Waals surface area contributed by atoms with Gasteiger partial charge in [-0.15, -0.1) is 0 Å². The van der Waals surface area contributed by atoms with Crippen LogP contribution in [0.5, 0.6) is 0 Å². The average Bonchev–Trinajstić information content (AvgIpc) is 2.59. The summed E-state index contributed by atoms with van der Waals surface area (Å²) in [6.45, 7) is 4.34. The monoisotopic (exact) mass is 319 g/mol. The number of alkyl halides is 2. The molecule has 23 heavy (non-hydrogen) atoms. The molecule has 0 radical (unpaired) electrons. The zero-order chi connectivity index (χ0) is 17.0. The zero-order valence-corrected chi connectivity index (χ0v) is 13.3. The highest BCUT2D eigenvalue weighted by Crippen LogP contribution is 2.35. The van der Waals surface area contributed by atoms with Gasteiger partial charge in [0.15, 0.2) is 0 Å². The van der Waals surface area contributed by atoms with Crippen LogP contribution in [0.4, 0.5) is 14.5 Å². The first kappa shape index (κ1) is 17.0. The lowest BCUT2D eigenvalue weighted by atomic mass is 9.96. The van der Waals surface area contributed by atoms with Gasteiger partial charge in [-0.05, 0) is 19.1 Å². The highest BCUT2D eigenvalue weighted by Gasteiger charge is 2.19. The van der Waals surface area contributed by atoms with Gasteiger partial charge < -0.3 is 9.69 Å². The van der Waals surface area contributed by atoms with Gasteiger partial charge in [-0.1, -0.05) is 13.0 Å². The molecule has 2 heterocycles. The number of carbonyl (C=O) groups is 1. The molecule has 0 aliphatic heterocycles. The van der Waals surface area contributed by atoms with Crippen molar-refractivity contribution in [2.75, 3.05) is 18.5 Å². The number of aldehydes is 1. The van der Waals surface area contributed by atoms with Crippen LogP contribution in [0.1, 0.15) is 37.6 Å². The van der Waals surface area contributed by atoms with E-state index in [1.807, 2.05) is 24.9 Å². The summed E-state index contributed by atoms with van der Waals surface area (Å²) in [7, 11) is 1.83. The van der Waals surface area contributed by atoms with Crippen LogP contribution >= 0.6 is 0 Å². The van der Waals surface area contributed by atoms with Gasteiger partial charge in [0, 0.05) is 42.8 Å². The molecule has 122 valence electrons. The van der Waals surface area contributed by atoms with Crippen molar-refractivity contribution in [3.8, 4) is 11.1 Å². The van der Waals surface area contributed by atoms with Gasteiger partial charge in [0.1, 0.15) is 12.0 Å². The largest absolute Gasteiger partial charge is 0.374 e. The molecule has 1 atom stereocenters. The minimum atomic E-state index is -2.63. The van der Waals surface area contributed by atoms with Crippen molar-refractivity contribution >= 4 is 12.0 Å². The smallest absolute Gasteiger partial charge is 0.280 e. The SMILES string of the molecule is CCN(C)c1cc(C(F)F)ncc1-c1cccnc1[C@H](C)C=O. The van der Waals surface area contributed by atoms with Gasteiger partial charge in [0.25, 0.3) is 6.43 Å². The molecular formula is C17H19F2N3O. The first-order chi connectivity index (χ1) is 11.0. The van der Waals surface area contributed by atoms with E-state index in [0.29, 0.717) is 23.5 Å². The normalized spacial score (nSPS) is 12.3. The van der Waals surface area contributed by atoms with E-state index < -0.39 is 6.43 Å². The summed E-state index contributed by atoms with van der Waals surface area (Å²) in [6.07, 6.45) is 1.23. The van der Waals surface area contributed by atoms with Crippen LogP contribution in [0, 0.1) is 0 Å². The predicted molar refractivity (Wildman–Crippen MR) is 85.8 cm³/mol. The van der Waals surface area contributed by atoms with Crippen molar-refractivity contribution in [1.82, 2.24) is 9.97 Å². The number of hydrogen-bond acceptors (Lipinski definition) is 4. The molecular weight excluding hydrogens is 300 g/mol. The molecule has 2 aromatic heterocycles. The number of rotatable bonds is 6. The Morgan fingerprint density at radius 2 is 2.04 bits per heavy atom. The Morgan fingerprint density at radius 3 is 2.65 bits per heavy atom. The standard InChI is InChI=1S/C17H19F2N3O/c1-4-22(3)15-8-14(17(18)19)21-9-13(15)12-6-5-7-20-16(12)11(2)10-23/h5-11,17H,4H2,1-3H3/t11-/m1/s1. The summed E-state index contributed by atoms with van der Waals surface area (Å²) >= 11 is 0. The van der Waals surface area contributed by atoms with E-state index in [0.717, 1.165) is 11.8 Å². The third-order valence-electron chi connectivity index (χ3n) is 3.78. The number of nitrogens with zero attached hydrogens (tertiary/aromatic N) is 3. The quantitative estimate of drug-likeness (QED) is 0.759. The van der Waals surface area contributed by atoms with Crippen LogP contribution in [0.3, 0.4) is 0 Å². The van der Waals surface area contributed by atoms with E-state index in [1.165, 1.54) is 12.3 Å². The lowest BCUT2D eigenvalue weighted by molar-refractivity contribution is -0.108. The maximum Gasteiger partial charge on any atom is 0.280 e. The molecule has 0 bridgehead atoms. The van der Waals surface area contributed by atoms with E-state index in [4.69, 9.17) is 0 Å². The second-order valence-electron chi connectivity index (χ2n) is 5.30. The first-order valence-electron chi connectivity index (χ1n) is 7.39. The number of carbonyl (C=O) groups excluding carboxylic acids is 1. The molecule has 0 saturated carbocycles. The Morgan fingerprint density at radius 1 is 1.30 bits per heavy atom. The Balaban J connectivity index is 2.66. The molecule has 0 fully saturated rings. The minimum Gasteiger partial charge on any atom is -0.374 e. The number of halogens is 2. The van der Waals surface area contributed by atoms with Gasteiger partial charge in [-0.2, -0.15) is 0 Å². The molecule has 2 rings (SSSR count). The molecule has 0 unspecified atom stereocenters. The molecule has 0 aliphatic carbocycles. The van der Waals surface area contributed by atoms with Crippen molar-refractivity contribution < 1.29 is 13.6 Å². The molecule has 0 aliphatic rings. The number of aromatic nitrogens is 2. The molecule has 2 aromatic rings. The van der Waals surface area contributed by atoms with Gasteiger partial charge >= 0.3 is 0 Å².